The zero-order valence-electron chi connectivity index (χ0n) is 19.1. The van der Waals surface area contributed by atoms with Gasteiger partial charge in [0.15, 0.2) is 0 Å². The molecule has 3 aromatic rings. The number of hydrogen-bond acceptors (Lipinski definition) is 3. The van der Waals surface area contributed by atoms with Crippen LogP contribution < -0.4 is 4.74 Å². The van der Waals surface area contributed by atoms with Gasteiger partial charge in [-0.3, -0.25) is 9.69 Å². The summed E-state index contributed by atoms with van der Waals surface area (Å²) in [5, 5.41) is 0.985. The first-order valence-corrected chi connectivity index (χ1v) is 12.1. The molecule has 6 heteroatoms. The fourth-order valence-electron chi connectivity index (χ4n) is 5.82. The molecule has 1 unspecified atom stereocenters. The molecular formula is C27H30FN3O2. The molecule has 1 amide bonds. The minimum Gasteiger partial charge on any atom is -0.492 e. The second-order valence-corrected chi connectivity index (χ2v) is 9.84. The molecule has 1 aromatic heterocycles. The summed E-state index contributed by atoms with van der Waals surface area (Å²) in [7, 11) is 1.87. The Morgan fingerprint density at radius 2 is 2.09 bits per heavy atom. The number of nitrogens with one attached hydrogen (secondary N) is 1. The SMILES string of the molecule is CN1Cc2ccc3c(c2C1=O)CC(N(CCCc1c[nH]c2ccc(F)cc12)C1CCC1)CO3. The van der Waals surface area contributed by atoms with Crippen molar-refractivity contribution in [2.75, 3.05) is 20.2 Å². The van der Waals surface area contributed by atoms with Gasteiger partial charge in [-0.05, 0) is 74.0 Å². The van der Waals surface area contributed by atoms with Crippen molar-refractivity contribution in [1.82, 2.24) is 14.8 Å². The van der Waals surface area contributed by atoms with Gasteiger partial charge in [-0.15, -0.1) is 0 Å². The second kappa shape index (κ2) is 8.17. The van der Waals surface area contributed by atoms with E-state index < -0.39 is 0 Å². The van der Waals surface area contributed by atoms with Gasteiger partial charge in [-0.25, -0.2) is 4.39 Å². The van der Waals surface area contributed by atoms with E-state index in [4.69, 9.17) is 4.74 Å². The minimum atomic E-state index is -0.190. The number of aromatic nitrogens is 1. The minimum absolute atomic E-state index is 0.118. The summed E-state index contributed by atoms with van der Waals surface area (Å²) in [6.07, 6.45) is 8.56. The highest BCUT2D eigenvalue weighted by molar-refractivity contribution is 6.00. The standard InChI is InChI=1S/C27H30FN3O2/c1-30-15-18-7-10-25-23(26(18)27(30)32)13-21(16-33-25)31(20-5-2-6-20)11-3-4-17-14-29-24-9-8-19(28)12-22(17)24/h7-10,12,14,20-21,29H,2-6,11,13,15-16H2,1H3. The van der Waals surface area contributed by atoms with Gasteiger partial charge in [0.25, 0.3) is 5.91 Å². The number of amides is 1. The van der Waals surface area contributed by atoms with Crippen LogP contribution in [0.15, 0.2) is 36.5 Å². The van der Waals surface area contributed by atoms with Crippen LogP contribution in [0.25, 0.3) is 10.9 Å². The number of fused-ring (bicyclic) bond motifs is 4. The van der Waals surface area contributed by atoms with E-state index in [-0.39, 0.29) is 17.8 Å². The molecule has 0 saturated heterocycles. The van der Waals surface area contributed by atoms with Gasteiger partial charge in [-0.2, -0.15) is 0 Å². The molecular weight excluding hydrogens is 417 g/mol. The molecule has 0 radical (unpaired) electrons. The van der Waals surface area contributed by atoms with Crippen LogP contribution in [0.1, 0.15) is 52.7 Å². The topological polar surface area (TPSA) is 48.6 Å². The van der Waals surface area contributed by atoms with Crippen LogP contribution >= 0.6 is 0 Å². The number of aryl methyl sites for hydroxylation is 1. The summed E-state index contributed by atoms with van der Waals surface area (Å²) < 4.78 is 20.0. The summed E-state index contributed by atoms with van der Waals surface area (Å²) in [4.78, 5) is 20.5. The molecule has 5 nitrogen and oxygen atoms in total. The molecule has 2 aromatic carbocycles. The molecule has 1 atom stereocenters. The van der Waals surface area contributed by atoms with E-state index in [0.717, 1.165) is 59.2 Å². The van der Waals surface area contributed by atoms with Crippen molar-refractivity contribution < 1.29 is 13.9 Å². The summed E-state index contributed by atoms with van der Waals surface area (Å²) in [5.74, 6) is 0.807. The van der Waals surface area contributed by atoms with Gasteiger partial charge in [0.05, 0.1) is 5.56 Å². The van der Waals surface area contributed by atoms with Crippen molar-refractivity contribution >= 4 is 16.8 Å². The lowest BCUT2D eigenvalue weighted by molar-refractivity contribution is 0.0434. The number of halogens is 1. The molecule has 33 heavy (non-hydrogen) atoms. The molecule has 0 spiro atoms. The molecule has 1 saturated carbocycles. The first-order valence-electron chi connectivity index (χ1n) is 12.1. The second-order valence-electron chi connectivity index (χ2n) is 9.84. The maximum Gasteiger partial charge on any atom is 0.254 e. The summed E-state index contributed by atoms with van der Waals surface area (Å²) >= 11 is 0. The van der Waals surface area contributed by atoms with Crippen molar-refractivity contribution in [2.45, 2.75) is 57.2 Å². The fourth-order valence-corrected chi connectivity index (χ4v) is 5.82. The normalized spacial score (nSPS) is 20.2. The molecule has 2 aliphatic heterocycles. The average Bonchev–Trinajstić information content (AvgIpc) is 3.31. The number of nitrogens with zero attached hydrogens (tertiary/aromatic N) is 2. The predicted octanol–water partition coefficient (Wildman–Crippen LogP) is 4.68. The molecule has 0 bridgehead atoms. The van der Waals surface area contributed by atoms with E-state index in [9.17, 15) is 9.18 Å². The van der Waals surface area contributed by atoms with Crippen LogP contribution in [-0.2, 0) is 19.4 Å². The lowest BCUT2D eigenvalue weighted by Crippen LogP contribution is -2.51. The first kappa shape index (κ1) is 20.7. The molecule has 1 aliphatic carbocycles. The lowest BCUT2D eigenvalue weighted by Gasteiger charge is -2.44. The van der Waals surface area contributed by atoms with Crippen molar-refractivity contribution in [3.8, 4) is 5.75 Å². The zero-order chi connectivity index (χ0) is 22.5. The number of rotatable bonds is 6. The lowest BCUT2D eigenvalue weighted by atomic mass is 9.87. The Hall–Kier alpha value is -2.86. The first-order chi connectivity index (χ1) is 16.1. The third-order valence-corrected chi connectivity index (χ3v) is 7.80. The van der Waals surface area contributed by atoms with E-state index in [1.165, 1.54) is 30.9 Å². The quantitative estimate of drug-likeness (QED) is 0.597. The Morgan fingerprint density at radius 1 is 1.21 bits per heavy atom. The highest BCUT2D eigenvalue weighted by Gasteiger charge is 2.37. The van der Waals surface area contributed by atoms with Crippen molar-refractivity contribution in [2.24, 2.45) is 0 Å². The predicted molar refractivity (Wildman–Crippen MR) is 126 cm³/mol. The largest absolute Gasteiger partial charge is 0.492 e. The van der Waals surface area contributed by atoms with Gasteiger partial charge < -0.3 is 14.6 Å². The van der Waals surface area contributed by atoms with Crippen LogP contribution in [0, 0.1) is 5.82 Å². The highest BCUT2D eigenvalue weighted by atomic mass is 19.1. The summed E-state index contributed by atoms with van der Waals surface area (Å²) in [6.45, 7) is 2.34. The van der Waals surface area contributed by atoms with Gasteiger partial charge in [-0.1, -0.05) is 12.5 Å². The molecule has 1 fully saturated rings. The van der Waals surface area contributed by atoms with Crippen LogP contribution in [0.3, 0.4) is 0 Å². The number of hydrogen-bond donors (Lipinski definition) is 1. The van der Waals surface area contributed by atoms with Gasteiger partial charge in [0.1, 0.15) is 18.2 Å². The monoisotopic (exact) mass is 447 g/mol. The van der Waals surface area contributed by atoms with Gasteiger partial charge in [0.2, 0.25) is 0 Å². The Labute approximate surface area is 193 Å². The highest BCUT2D eigenvalue weighted by Crippen LogP contribution is 2.37. The van der Waals surface area contributed by atoms with Crippen LogP contribution in [0.2, 0.25) is 0 Å². The molecule has 3 heterocycles. The number of H-pyrrole nitrogens is 1. The number of ether oxygens (including phenoxy) is 1. The Bertz CT molecular complexity index is 1220. The van der Waals surface area contributed by atoms with E-state index in [0.29, 0.717) is 19.2 Å². The van der Waals surface area contributed by atoms with E-state index in [2.05, 4.69) is 9.88 Å². The van der Waals surface area contributed by atoms with Crippen molar-refractivity contribution in [1.29, 1.82) is 0 Å². The molecule has 6 rings (SSSR count). The average molecular weight is 448 g/mol. The van der Waals surface area contributed by atoms with E-state index in [1.54, 1.807) is 11.0 Å². The Balaban J connectivity index is 1.19. The van der Waals surface area contributed by atoms with Crippen LogP contribution in [0.4, 0.5) is 4.39 Å². The van der Waals surface area contributed by atoms with Crippen molar-refractivity contribution in [3.05, 3.63) is 64.6 Å². The number of carbonyl (C=O) groups is 1. The summed E-state index contributed by atoms with van der Waals surface area (Å²) in [6, 6.07) is 9.91. The molecule has 1 N–H and O–H groups in total. The Morgan fingerprint density at radius 3 is 2.91 bits per heavy atom. The maximum atomic E-state index is 13.8. The van der Waals surface area contributed by atoms with E-state index >= 15 is 0 Å². The fraction of sp³-hybridized carbons (Fsp3) is 0.444. The van der Waals surface area contributed by atoms with Crippen LogP contribution in [-0.4, -0.2) is 53.0 Å². The number of benzene rings is 2. The number of aromatic amines is 1. The van der Waals surface area contributed by atoms with Gasteiger partial charge >= 0.3 is 0 Å². The van der Waals surface area contributed by atoms with Crippen molar-refractivity contribution in [3.63, 3.8) is 0 Å². The third-order valence-electron chi connectivity index (χ3n) is 7.80. The smallest absolute Gasteiger partial charge is 0.254 e. The maximum absolute atomic E-state index is 13.8. The van der Waals surface area contributed by atoms with E-state index in [1.807, 2.05) is 31.4 Å². The third kappa shape index (κ3) is 3.61. The number of carbonyl (C=O) groups excluding carboxylic acids is 1. The Kier molecular flexibility index (Phi) is 5.13. The molecule has 172 valence electrons. The zero-order valence-corrected chi connectivity index (χ0v) is 19.1. The van der Waals surface area contributed by atoms with Crippen LogP contribution in [0.5, 0.6) is 5.75 Å². The van der Waals surface area contributed by atoms with Gasteiger partial charge in [0, 0.05) is 48.3 Å². The molecule has 3 aliphatic rings. The summed E-state index contributed by atoms with van der Waals surface area (Å²) in [5.41, 5.74) is 5.24.